The number of carbonyl (C=O) groups excluding carboxylic acids is 1. The second-order valence-electron chi connectivity index (χ2n) is 4.72. The Labute approximate surface area is 127 Å². The van der Waals surface area contributed by atoms with Crippen molar-refractivity contribution in [3.8, 4) is 0 Å². The first kappa shape index (κ1) is 14.7. The van der Waals surface area contributed by atoms with Gasteiger partial charge in [-0.1, -0.05) is 30.3 Å². The van der Waals surface area contributed by atoms with Gasteiger partial charge in [-0.2, -0.15) is 0 Å². The Morgan fingerprint density at radius 1 is 1.30 bits per heavy atom. The average molecular weight is 333 g/mol. The minimum absolute atomic E-state index is 0.0319. The first-order valence-electron chi connectivity index (χ1n) is 6.61. The summed E-state index contributed by atoms with van der Waals surface area (Å²) in [5, 5.41) is 2.87. The van der Waals surface area contributed by atoms with Crippen LogP contribution in [0.3, 0.4) is 0 Å². The summed E-state index contributed by atoms with van der Waals surface area (Å²) >= 11 is 3.34. The zero-order valence-electron chi connectivity index (χ0n) is 11.4. The molecular formula is C16H17BrN2O. The van der Waals surface area contributed by atoms with E-state index in [9.17, 15) is 4.79 Å². The Balaban J connectivity index is 1.79. The van der Waals surface area contributed by atoms with Crippen molar-refractivity contribution in [2.24, 2.45) is 0 Å². The molecule has 1 N–H and O–H groups in total. The van der Waals surface area contributed by atoms with Crippen molar-refractivity contribution < 1.29 is 4.79 Å². The van der Waals surface area contributed by atoms with Crippen LogP contribution in [0.15, 0.2) is 47.2 Å². The molecule has 4 heteroatoms. The molecule has 0 aliphatic carbocycles. The van der Waals surface area contributed by atoms with Crippen LogP contribution in [-0.2, 0) is 11.2 Å². The molecule has 0 aliphatic rings. The monoisotopic (exact) mass is 332 g/mol. The van der Waals surface area contributed by atoms with E-state index in [1.807, 2.05) is 31.2 Å². The smallest absolute Gasteiger partial charge is 0.224 e. The predicted molar refractivity (Wildman–Crippen MR) is 84.7 cm³/mol. The fraction of sp³-hybridized carbons (Fsp3) is 0.250. The highest BCUT2D eigenvalue weighted by Gasteiger charge is 2.04. The fourth-order valence-electron chi connectivity index (χ4n) is 1.95. The van der Waals surface area contributed by atoms with Crippen molar-refractivity contribution in [2.75, 3.05) is 5.32 Å². The number of hydrogen-bond acceptors (Lipinski definition) is 2. The molecule has 104 valence electrons. The zero-order chi connectivity index (χ0) is 14.4. The van der Waals surface area contributed by atoms with Gasteiger partial charge in [-0.15, -0.1) is 0 Å². The van der Waals surface area contributed by atoms with Gasteiger partial charge in [-0.25, -0.2) is 4.98 Å². The third-order valence-electron chi connectivity index (χ3n) is 3.01. The summed E-state index contributed by atoms with van der Waals surface area (Å²) in [7, 11) is 0. The molecule has 0 radical (unpaired) electrons. The number of pyridine rings is 1. The second kappa shape index (κ2) is 7.20. The van der Waals surface area contributed by atoms with Crippen LogP contribution in [0.5, 0.6) is 0 Å². The van der Waals surface area contributed by atoms with Crippen LogP contribution < -0.4 is 5.32 Å². The van der Waals surface area contributed by atoms with E-state index in [1.165, 1.54) is 5.56 Å². The van der Waals surface area contributed by atoms with Crippen molar-refractivity contribution in [2.45, 2.75) is 26.2 Å². The molecule has 1 aromatic carbocycles. The van der Waals surface area contributed by atoms with Gasteiger partial charge in [0.15, 0.2) is 0 Å². The van der Waals surface area contributed by atoms with E-state index in [2.05, 4.69) is 38.4 Å². The maximum Gasteiger partial charge on any atom is 0.224 e. The SMILES string of the molecule is Cc1cc(NC(=O)CCCc2ccccc2)cnc1Br. The minimum atomic E-state index is 0.0319. The first-order chi connectivity index (χ1) is 9.65. The first-order valence-corrected chi connectivity index (χ1v) is 7.40. The quantitative estimate of drug-likeness (QED) is 0.837. The van der Waals surface area contributed by atoms with Crippen molar-refractivity contribution >= 4 is 27.5 Å². The molecule has 0 saturated carbocycles. The molecule has 3 nitrogen and oxygen atoms in total. The molecule has 0 unspecified atom stereocenters. The van der Waals surface area contributed by atoms with E-state index in [0.717, 1.165) is 28.7 Å². The van der Waals surface area contributed by atoms with E-state index in [1.54, 1.807) is 6.20 Å². The Kier molecular flexibility index (Phi) is 5.30. The number of benzene rings is 1. The van der Waals surface area contributed by atoms with Gasteiger partial charge in [0.25, 0.3) is 0 Å². The summed E-state index contributed by atoms with van der Waals surface area (Å²) in [5.74, 6) is 0.0319. The number of amides is 1. The van der Waals surface area contributed by atoms with Crippen LogP contribution in [-0.4, -0.2) is 10.9 Å². The second-order valence-corrected chi connectivity index (χ2v) is 5.47. The van der Waals surface area contributed by atoms with Gasteiger partial charge in [0.1, 0.15) is 4.60 Å². The van der Waals surface area contributed by atoms with Crippen LogP contribution in [0.1, 0.15) is 24.0 Å². The molecule has 0 aliphatic heterocycles. The van der Waals surface area contributed by atoms with E-state index >= 15 is 0 Å². The molecule has 2 aromatic rings. The Bertz CT molecular complexity index is 584. The predicted octanol–water partition coefficient (Wildman–Crippen LogP) is 4.11. The minimum Gasteiger partial charge on any atom is -0.325 e. The Morgan fingerprint density at radius 2 is 2.05 bits per heavy atom. The standard InChI is InChI=1S/C16H17BrN2O/c1-12-10-14(11-18-16(12)17)19-15(20)9-5-8-13-6-3-2-4-7-13/h2-4,6-7,10-11H,5,8-9H2,1H3,(H,19,20). The van der Waals surface area contributed by atoms with E-state index in [-0.39, 0.29) is 5.91 Å². The fourth-order valence-corrected chi connectivity index (χ4v) is 2.16. The highest BCUT2D eigenvalue weighted by atomic mass is 79.9. The number of aryl methyl sites for hydroxylation is 2. The lowest BCUT2D eigenvalue weighted by Crippen LogP contribution is -2.11. The average Bonchev–Trinajstić information content (AvgIpc) is 2.44. The van der Waals surface area contributed by atoms with Crippen molar-refractivity contribution in [1.82, 2.24) is 4.98 Å². The lowest BCUT2D eigenvalue weighted by molar-refractivity contribution is -0.116. The van der Waals surface area contributed by atoms with Crippen molar-refractivity contribution in [3.63, 3.8) is 0 Å². The molecule has 0 fully saturated rings. The van der Waals surface area contributed by atoms with Gasteiger partial charge in [0.2, 0.25) is 5.91 Å². The Hall–Kier alpha value is -1.68. The maximum atomic E-state index is 11.8. The van der Waals surface area contributed by atoms with Gasteiger partial charge < -0.3 is 5.32 Å². The van der Waals surface area contributed by atoms with Crippen LogP contribution >= 0.6 is 15.9 Å². The highest BCUT2D eigenvalue weighted by molar-refractivity contribution is 9.10. The van der Waals surface area contributed by atoms with E-state index in [0.29, 0.717) is 6.42 Å². The largest absolute Gasteiger partial charge is 0.325 e. The summed E-state index contributed by atoms with van der Waals surface area (Å²) in [5.41, 5.74) is 3.02. The van der Waals surface area contributed by atoms with Gasteiger partial charge in [0, 0.05) is 6.42 Å². The van der Waals surface area contributed by atoms with E-state index in [4.69, 9.17) is 0 Å². The van der Waals surface area contributed by atoms with Crippen LogP contribution in [0.2, 0.25) is 0 Å². The third kappa shape index (κ3) is 4.46. The number of nitrogens with one attached hydrogen (secondary N) is 1. The van der Waals surface area contributed by atoms with Crippen LogP contribution in [0.25, 0.3) is 0 Å². The molecule has 20 heavy (non-hydrogen) atoms. The van der Waals surface area contributed by atoms with Crippen molar-refractivity contribution in [3.05, 3.63) is 58.3 Å². The summed E-state index contributed by atoms with van der Waals surface area (Å²) in [6.07, 6.45) is 3.95. The molecule has 0 bridgehead atoms. The van der Waals surface area contributed by atoms with Gasteiger partial charge >= 0.3 is 0 Å². The Morgan fingerprint density at radius 3 is 2.75 bits per heavy atom. The summed E-state index contributed by atoms with van der Waals surface area (Å²) in [6.45, 7) is 1.95. The van der Waals surface area contributed by atoms with Crippen molar-refractivity contribution in [1.29, 1.82) is 0 Å². The summed E-state index contributed by atoms with van der Waals surface area (Å²) in [6, 6.07) is 12.1. The third-order valence-corrected chi connectivity index (χ3v) is 3.84. The van der Waals surface area contributed by atoms with Crippen LogP contribution in [0.4, 0.5) is 5.69 Å². The van der Waals surface area contributed by atoms with Gasteiger partial charge in [0.05, 0.1) is 11.9 Å². The van der Waals surface area contributed by atoms with E-state index < -0.39 is 0 Å². The lowest BCUT2D eigenvalue weighted by Gasteiger charge is -2.06. The molecule has 0 atom stereocenters. The number of halogens is 1. The molecular weight excluding hydrogens is 316 g/mol. The number of aromatic nitrogens is 1. The molecule has 0 spiro atoms. The van der Waals surface area contributed by atoms with Gasteiger partial charge in [-0.3, -0.25) is 4.79 Å². The summed E-state index contributed by atoms with van der Waals surface area (Å²) in [4.78, 5) is 16.0. The van der Waals surface area contributed by atoms with Gasteiger partial charge in [-0.05, 0) is 52.9 Å². The maximum absolute atomic E-state index is 11.8. The normalized spacial score (nSPS) is 10.3. The molecule has 1 heterocycles. The number of hydrogen-bond donors (Lipinski definition) is 1. The number of carbonyl (C=O) groups is 1. The molecule has 1 aromatic heterocycles. The molecule has 0 saturated heterocycles. The number of rotatable bonds is 5. The van der Waals surface area contributed by atoms with Crippen LogP contribution in [0, 0.1) is 6.92 Å². The number of nitrogens with zero attached hydrogens (tertiary/aromatic N) is 1. The molecule has 1 amide bonds. The molecule has 2 rings (SSSR count). The zero-order valence-corrected chi connectivity index (χ0v) is 13.0. The lowest BCUT2D eigenvalue weighted by atomic mass is 10.1. The highest BCUT2D eigenvalue weighted by Crippen LogP contribution is 2.17. The topological polar surface area (TPSA) is 42.0 Å². The number of anilines is 1. The summed E-state index contributed by atoms with van der Waals surface area (Å²) < 4.78 is 0.805.